The highest BCUT2D eigenvalue weighted by atomic mass is 19.1. The SMILES string of the molecule is CC1=C(C(=O)Nc2ccccc2)[C@@H](c2ccc(C)cc2)n2ncc(C(=O)Nc3ccc(F)cc3)c2N1. The van der Waals surface area contributed by atoms with Gasteiger partial charge in [-0.2, -0.15) is 5.10 Å². The number of aromatic nitrogens is 2. The van der Waals surface area contributed by atoms with Crippen LogP contribution in [-0.2, 0) is 4.79 Å². The Morgan fingerprint density at radius 3 is 2.19 bits per heavy atom. The monoisotopic (exact) mass is 481 g/mol. The van der Waals surface area contributed by atoms with Crippen LogP contribution >= 0.6 is 0 Å². The Bertz CT molecular complexity index is 1460. The van der Waals surface area contributed by atoms with Crippen LogP contribution in [0, 0.1) is 12.7 Å². The summed E-state index contributed by atoms with van der Waals surface area (Å²) in [6, 6.07) is 22.1. The summed E-state index contributed by atoms with van der Waals surface area (Å²) in [6.45, 7) is 3.80. The largest absolute Gasteiger partial charge is 0.343 e. The zero-order valence-corrected chi connectivity index (χ0v) is 19.7. The van der Waals surface area contributed by atoms with Crippen molar-refractivity contribution in [2.24, 2.45) is 0 Å². The number of benzene rings is 3. The zero-order valence-electron chi connectivity index (χ0n) is 19.7. The molecule has 3 aromatic carbocycles. The molecular formula is C28H24FN5O2. The van der Waals surface area contributed by atoms with Crippen molar-refractivity contribution in [2.45, 2.75) is 19.9 Å². The number of allylic oxidation sites excluding steroid dienone is 1. The van der Waals surface area contributed by atoms with E-state index >= 15 is 0 Å². The van der Waals surface area contributed by atoms with Gasteiger partial charge in [0.05, 0.1) is 11.8 Å². The van der Waals surface area contributed by atoms with Gasteiger partial charge in [-0.3, -0.25) is 9.59 Å². The Kier molecular flexibility index (Phi) is 6.08. The van der Waals surface area contributed by atoms with Crippen molar-refractivity contribution in [2.75, 3.05) is 16.0 Å². The molecule has 4 aromatic rings. The van der Waals surface area contributed by atoms with Crippen LogP contribution < -0.4 is 16.0 Å². The maximum absolute atomic E-state index is 13.5. The molecule has 1 aliphatic heterocycles. The summed E-state index contributed by atoms with van der Waals surface area (Å²) in [5.41, 5.74) is 4.48. The van der Waals surface area contributed by atoms with E-state index in [2.05, 4.69) is 21.0 Å². The number of halogens is 1. The minimum Gasteiger partial charge on any atom is -0.343 e. The van der Waals surface area contributed by atoms with E-state index < -0.39 is 11.9 Å². The molecule has 0 fully saturated rings. The predicted octanol–water partition coefficient (Wildman–Crippen LogP) is 5.51. The van der Waals surface area contributed by atoms with Gasteiger partial charge >= 0.3 is 0 Å². The Hall–Kier alpha value is -4.72. The van der Waals surface area contributed by atoms with Gasteiger partial charge in [-0.15, -0.1) is 0 Å². The molecule has 7 nitrogen and oxygen atoms in total. The lowest BCUT2D eigenvalue weighted by Crippen LogP contribution is -2.32. The fraction of sp³-hybridized carbons (Fsp3) is 0.107. The molecule has 0 aliphatic carbocycles. The van der Waals surface area contributed by atoms with Gasteiger partial charge in [0.1, 0.15) is 23.2 Å². The van der Waals surface area contributed by atoms with Crippen molar-refractivity contribution in [1.82, 2.24) is 9.78 Å². The van der Waals surface area contributed by atoms with E-state index in [0.717, 1.165) is 11.1 Å². The van der Waals surface area contributed by atoms with Crippen LogP contribution in [0.25, 0.3) is 0 Å². The maximum atomic E-state index is 13.5. The second kappa shape index (κ2) is 9.50. The molecular weight excluding hydrogens is 457 g/mol. The number of rotatable bonds is 5. The lowest BCUT2D eigenvalue weighted by Gasteiger charge is -2.30. The van der Waals surface area contributed by atoms with Gasteiger partial charge in [0.2, 0.25) is 0 Å². The Labute approximate surface area is 207 Å². The Balaban J connectivity index is 1.53. The number of aryl methyl sites for hydroxylation is 1. The quantitative estimate of drug-likeness (QED) is 0.351. The first-order chi connectivity index (χ1) is 17.4. The predicted molar refractivity (Wildman–Crippen MR) is 137 cm³/mol. The summed E-state index contributed by atoms with van der Waals surface area (Å²) in [4.78, 5) is 26.6. The van der Waals surface area contributed by atoms with Crippen molar-refractivity contribution in [3.05, 3.63) is 119 Å². The normalized spacial score (nSPS) is 14.6. The van der Waals surface area contributed by atoms with Gasteiger partial charge in [-0.05, 0) is 55.8 Å². The standard InChI is InChI=1S/C28H24FN5O2/c1-17-8-10-19(11-9-17)25-24(28(36)33-21-6-4-3-5-7-21)18(2)31-26-23(16-30-34(25)26)27(35)32-22-14-12-20(29)13-15-22/h3-16,25,31H,1-2H3,(H,32,35)(H,33,36)/t25-/m1/s1. The number of nitrogens with one attached hydrogen (secondary N) is 3. The number of amides is 2. The summed E-state index contributed by atoms with van der Waals surface area (Å²) in [6.07, 6.45) is 1.47. The molecule has 0 saturated carbocycles. The molecule has 0 radical (unpaired) electrons. The van der Waals surface area contributed by atoms with E-state index in [1.54, 1.807) is 11.6 Å². The van der Waals surface area contributed by atoms with E-state index in [1.807, 2.05) is 61.5 Å². The number of hydrogen-bond donors (Lipinski definition) is 3. The number of fused-ring (bicyclic) bond motifs is 1. The second-order valence-corrected chi connectivity index (χ2v) is 8.61. The smallest absolute Gasteiger partial charge is 0.261 e. The maximum Gasteiger partial charge on any atom is 0.261 e. The highest BCUT2D eigenvalue weighted by Crippen LogP contribution is 2.38. The number of nitrogens with zero attached hydrogens (tertiary/aromatic N) is 2. The molecule has 2 heterocycles. The molecule has 180 valence electrons. The Morgan fingerprint density at radius 1 is 0.861 bits per heavy atom. The minimum absolute atomic E-state index is 0.268. The molecule has 1 aromatic heterocycles. The average molecular weight is 482 g/mol. The van der Waals surface area contributed by atoms with Gasteiger partial charge in [-0.1, -0.05) is 48.0 Å². The third-order valence-electron chi connectivity index (χ3n) is 6.04. The fourth-order valence-corrected chi connectivity index (χ4v) is 4.22. The lowest BCUT2D eigenvalue weighted by atomic mass is 9.94. The number of hydrogen-bond acceptors (Lipinski definition) is 4. The molecule has 1 atom stereocenters. The van der Waals surface area contributed by atoms with E-state index in [9.17, 15) is 14.0 Å². The Morgan fingerprint density at radius 2 is 1.50 bits per heavy atom. The topological polar surface area (TPSA) is 88.0 Å². The van der Waals surface area contributed by atoms with Crippen LogP contribution in [0.4, 0.5) is 21.6 Å². The first-order valence-corrected chi connectivity index (χ1v) is 11.5. The molecule has 0 bridgehead atoms. The zero-order chi connectivity index (χ0) is 25.2. The molecule has 2 amide bonds. The molecule has 0 saturated heterocycles. The lowest BCUT2D eigenvalue weighted by molar-refractivity contribution is -0.113. The van der Waals surface area contributed by atoms with Crippen molar-refractivity contribution in [3.63, 3.8) is 0 Å². The summed E-state index contributed by atoms with van der Waals surface area (Å²) in [5, 5.41) is 13.5. The average Bonchev–Trinajstić information content (AvgIpc) is 3.29. The number of para-hydroxylation sites is 1. The molecule has 8 heteroatoms. The minimum atomic E-state index is -0.557. The van der Waals surface area contributed by atoms with Crippen LogP contribution in [0.5, 0.6) is 0 Å². The summed E-state index contributed by atoms with van der Waals surface area (Å²) in [5.74, 6) is -0.590. The van der Waals surface area contributed by atoms with Crippen LogP contribution in [0.15, 0.2) is 96.3 Å². The molecule has 1 aliphatic rings. The molecule has 3 N–H and O–H groups in total. The number of anilines is 3. The highest BCUT2D eigenvalue weighted by Gasteiger charge is 2.35. The second-order valence-electron chi connectivity index (χ2n) is 8.61. The summed E-state index contributed by atoms with van der Waals surface area (Å²) in [7, 11) is 0. The van der Waals surface area contributed by atoms with Gasteiger partial charge in [0.25, 0.3) is 11.8 Å². The third-order valence-corrected chi connectivity index (χ3v) is 6.04. The number of carbonyl (C=O) groups excluding carboxylic acids is 2. The third kappa shape index (κ3) is 4.48. The molecule has 5 rings (SSSR count). The van der Waals surface area contributed by atoms with E-state index in [1.165, 1.54) is 30.5 Å². The van der Waals surface area contributed by atoms with Crippen molar-refractivity contribution in [1.29, 1.82) is 0 Å². The fourth-order valence-electron chi connectivity index (χ4n) is 4.22. The highest BCUT2D eigenvalue weighted by molar-refractivity contribution is 6.09. The van der Waals surface area contributed by atoms with Crippen LogP contribution in [0.2, 0.25) is 0 Å². The van der Waals surface area contributed by atoms with Crippen LogP contribution in [0.3, 0.4) is 0 Å². The first kappa shape index (κ1) is 23.0. The van der Waals surface area contributed by atoms with Gasteiger partial charge in [0, 0.05) is 17.1 Å². The van der Waals surface area contributed by atoms with Crippen LogP contribution in [0.1, 0.15) is 34.5 Å². The van der Waals surface area contributed by atoms with Crippen molar-refractivity contribution >= 4 is 29.0 Å². The number of carbonyl (C=O) groups is 2. The van der Waals surface area contributed by atoms with Crippen molar-refractivity contribution < 1.29 is 14.0 Å². The van der Waals surface area contributed by atoms with Crippen LogP contribution in [-0.4, -0.2) is 21.6 Å². The summed E-state index contributed by atoms with van der Waals surface area (Å²) < 4.78 is 14.9. The summed E-state index contributed by atoms with van der Waals surface area (Å²) >= 11 is 0. The first-order valence-electron chi connectivity index (χ1n) is 11.5. The van der Waals surface area contributed by atoms with Gasteiger partial charge < -0.3 is 16.0 Å². The van der Waals surface area contributed by atoms with Gasteiger partial charge in [0.15, 0.2) is 0 Å². The molecule has 0 unspecified atom stereocenters. The van der Waals surface area contributed by atoms with Gasteiger partial charge in [-0.25, -0.2) is 9.07 Å². The molecule has 36 heavy (non-hydrogen) atoms. The van der Waals surface area contributed by atoms with E-state index in [4.69, 9.17) is 0 Å². The van der Waals surface area contributed by atoms with Crippen molar-refractivity contribution in [3.8, 4) is 0 Å². The van der Waals surface area contributed by atoms with E-state index in [0.29, 0.717) is 34.0 Å². The van der Waals surface area contributed by atoms with E-state index in [-0.39, 0.29) is 11.7 Å². The molecule has 0 spiro atoms.